The molecule has 0 spiro atoms. The zero-order chi connectivity index (χ0) is 18.3. The number of phenols is 1. The van der Waals surface area contributed by atoms with Crippen LogP contribution in [0.4, 0.5) is 0 Å². The van der Waals surface area contributed by atoms with Crippen LogP contribution in [0.1, 0.15) is 5.56 Å². The lowest BCUT2D eigenvalue weighted by Gasteiger charge is -2.05. The summed E-state index contributed by atoms with van der Waals surface area (Å²) in [5.41, 5.74) is 2.23. The summed E-state index contributed by atoms with van der Waals surface area (Å²) in [6.45, 7) is 0. The standard InChI is InChI=1S/C19H13ClN2O3S/c1-25-15-8-11(7-13(20)17(15)23)9-16-18(24)22-10-14(21-19(22)26-16)12-5-3-2-4-6-12/h2-10,23H,1H3/b16-9-. The van der Waals surface area contributed by atoms with E-state index in [-0.39, 0.29) is 22.1 Å². The zero-order valence-corrected chi connectivity index (χ0v) is 15.2. The number of ether oxygens (including phenoxy) is 1. The molecule has 7 heteroatoms. The van der Waals surface area contributed by atoms with Crippen molar-refractivity contribution in [1.82, 2.24) is 9.38 Å². The van der Waals surface area contributed by atoms with Crippen molar-refractivity contribution in [3.63, 3.8) is 0 Å². The van der Waals surface area contributed by atoms with Crippen molar-refractivity contribution < 1.29 is 9.84 Å². The van der Waals surface area contributed by atoms with Gasteiger partial charge in [0.15, 0.2) is 16.5 Å². The molecule has 0 atom stereocenters. The smallest absolute Gasteiger partial charge is 0.274 e. The lowest BCUT2D eigenvalue weighted by atomic mass is 10.2. The maximum Gasteiger partial charge on any atom is 0.274 e. The molecular weight excluding hydrogens is 372 g/mol. The van der Waals surface area contributed by atoms with Crippen molar-refractivity contribution in [2.75, 3.05) is 7.11 Å². The average Bonchev–Trinajstić information content (AvgIpc) is 3.19. The van der Waals surface area contributed by atoms with E-state index in [2.05, 4.69) is 4.98 Å². The molecule has 2 aromatic carbocycles. The number of nitrogens with zero attached hydrogens (tertiary/aromatic N) is 2. The molecule has 0 aliphatic heterocycles. The number of methoxy groups -OCH3 is 1. The number of hydrogen-bond acceptors (Lipinski definition) is 5. The number of hydrogen-bond donors (Lipinski definition) is 1. The maximum atomic E-state index is 12.7. The molecule has 26 heavy (non-hydrogen) atoms. The molecule has 2 aromatic heterocycles. The third-order valence-corrected chi connectivity index (χ3v) is 5.21. The summed E-state index contributed by atoms with van der Waals surface area (Å²) in [7, 11) is 1.44. The van der Waals surface area contributed by atoms with Gasteiger partial charge in [-0.3, -0.25) is 9.20 Å². The highest BCUT2D eigenvalue weighted by Gasteiger charge is 2.11. The molecule has 0 unspecified atom stereocenters. The van der Waals surface area contributed by atoms with Gasteiger partial charge in [-0.25, -0.2) is 4.98 Å². The van der Waals surface area contributed by atoms with Gasteiger partial charge in [0.25, 0.3) is 5.56 Å². The van der Waals surface area contributed by atoms with E-state index in [1.165, 1.54) is 22.8 Å². The molecule has 2 heterocycles. The normalized spacial score (nSPS) is 12.0. The van der Waals surface area contributed by atoms with Gasteiger partial charge in [-0.2, -0.15) is 0 Å². The van der Waals surface area contributed by atoms with Crippen LogP contribution in [-0.4, -0.2) is 21.6 Å². The summed E-state index contributed by atoms with van der Waals surface area (Å²) in [4.78, 5) is 17.8. The number of halogens is 1. The first-order valence-electron chi connectivity index (χ1n) is 7.72. The fourth-order valence-electron chi connectivity index (χ4n) is 2.66. The third-order valence-electron chi connectivity index (χ3n) is 3.94. The molecule has 0 saturated carbocycles. The highest BCUT2D eigenvalue weighted by molar-refractivity contribution is 7.15. The molecule has 0 radical (unpaired) electrons. The molecule has 4 aromatic rings. The Balaban J connectivity index is 1.82. The number of thiazole rings is 1. The number of aromatic hydroxyl groups is 1. The molecule has 0 amide bonds. The molecule has 5 nitrogen and oxygen atoms in total. The highest BCUT2D eigenvalue weighted by atomic mass is 35.5. The van der Waals surface area contributed by atoms with E-state index in [1.807, 2.05) is 30.3 Å². The third kappa shape index (κ3) is 2.83. The Labute approximate surface area is 157 Å². The Morgan fingerprint density at radius 2 is 2.04 bits per heavy atom. The Hall–Kier alpha value is -2.83. The summed E-state index contributed by atoms with van der Waals surface area (Å²) >= 11 is 7.30. The van der Waals surface area contributed by atoms with Gasteiger partial charge in [0.2, 0.25) is 0 Å². The number of imidazole rings is 1. The number of fused-ring (bicyclic) bond motifs is 1. The predicted octanol–water partition coefficient (Wildman–Crippen LogP) is 3.34. The largest absolute Gasteiger partial charge is 0.503 e. The Bertz CT molecular complexity index is 1220. The van der Waals surface area contributed by atoms with Crippen LogP contribution in [0.25, 0.3) is 22.3 Å². The van der Waals surface area contributed by atoms with Gasteiger partial charge < -0.3 is 9.84 Å². The first-order valence-corrected chi connectivity index (χ1v) is 8.92. The van der Waals surface area contributed by atoms with E-state index in [1.54, 1.807) is 24.4 Å². The van der Waals surface area contributed by atoms with Crippen molar-refractivity contribution in [2.24, 2.45) is 0 Å². The van der Waals surface area contributed by atoms with E-state index < -0.39 is 0 Å². The lowest BCUT2D eigenvalue weighted by Crippen LogP contribution is -2.22. The summed E-state index contributed by atoms with van der Waals surface area (Å²) < 4.78 is 7.16. The quantitative estimate of drug-likeness (QED) is 0.588. The van der Waals surface area contributed by atoms with Crippen LogP contribution in [0.5, 0.6) is 11.5 Å². The minimum Gasteiger partial charge on any atom is -0.503 e. The van der Waals surface area contributed by atoms with Crippen molar-refractivity contribution in [2.45, 2.75) is 0 Å². The Morgan fingerprint density at radius 1 is 1.27 bits per heavy atom. The Kier molecular flexibility index (Phi) is 4.14. The minimum absolute atomic E-state index is 0.123. The molecule has 4 rings (SSSR count). The summed E-state index contributed by atoms with van der Waals surface area (Å²) in [6, 6.07) is 12.9. The van der Waals surface area contributed by atoms with Gasteiger partial charge in [0, 0.05) is 11.8 Å². The van der Waals surface area contributed by atoms with Gasteiger partial charge in [-0.1, -0.05) is 53.3 Å². The van der Waals surface area contributed by atoms with Crippen LogP contribution < -0.4 is 14.8 Å². The molecule has 0 aliphatic carbocycles. The second-order valence-electron chi connectivity index (χ2n) is 5.61. The van der Waals surface area contributed by atoms with Crippen molar-refractivity contribution in [3.8, 4) is 22.8 Å². The van der Waals surface area contributed by atoms with E-state index in [0.717, 1.165) is 11.3 Å². The second kappa shape index (κ2) is 6.48. The highest BCUT2D eigenvalue weighted by Crippen LogP contribution is 2.35. The van der Waals surface area contributed by atoms with Crippen LogP contribution >= 0.6 is 22.9 Å². The number of rotatable bonds is 3. The predicted molar refractivity (Wildman–Crippen MR) is 103 cm³/mol. The maximum absolute atomic E-state index is 12.7. The summed E-state index contributed by atoms with van der Waals surface area (Å²) in [5, 5.41) is 9.98. The number of benzene rings is 2. The summed E-state index contributed by atoms with van der Waals surface area (Å²) in [6.07, 6.45) is 3.45. The molecule has 0 saturated heterocycles. The second-order valence-corrected chi connectivity index (χ2v) is 7.03. The van der Waals surface area contributed by atoms with Crippen LogP contribution in [0.2, 0.25) is 5.02 Å². The molecule has 0 bridgehead atoms. The minimum atomic E-state index is -0.150. The Morgan fingerprint density at radius 3 is 2.73 bits per heavy atom. The van der Waals surface area contributed by atoms with E-state index in [9.17, 15) is 9.90 Å². The molecule has 0 fully saturated rings. The van der Waals surface area contributed by atoms with Crippen LogP contribution in [0, 0.1) is 0 Å². The van der Waals surface area contributed by atoms with E-state index in [4.69, 9.17) is 16.3 Å². The molecule has 130 valence electrons. The van der Waals surface area contributed by atoms with Crippen LogP contribution in [0.3, 0.4) is 0 Å². The first-order chi connectivity index (χ1) is 12.6. The van der Waals surface area contributed by atoms with Crippen molar-refractivity contribution in [3.05, 3.63) is 74.1 Å². The molecule has 1 N–H and O–H groups in total. The topological polar surface area (TPSA) is 63.8 Å². The first kappa shape index (κ1) is 16.6. The SMILES string of the molecule is COc1cc(/C=c2\sc3nc(-c4ccccc4)cn3c2=O)cc(Cl)c1O. The van der Waals surface area contributed by atoms with Crippen LogP contribution in [0.15, 0.2) is 53.5 Å². The van der Waals surface area contributed by atoms with Crippen LogP contribution in [-0.2, 0) is 0 Å². The van der Waals surface area contributed by atoms with E-state index in [0.29, 0.717) is 15.1 Å². The van der Waals surface area contributed by atoms with Gasteiger partial charge in [0.1, 0.15) is 0 Å². The zero-order valence-electron chi connectivity index (χ0n) is 13.6. The average molecular weight is 385 g/mol. The van der Waals surface area contributed by atoms with Gasteiger partial charge >= 0.3 is 0 Å². The van der Waals surface area contributed by atoms with Gasteiger partial charge in [0.05, 0.1) is 22.4 Å². The van der Waals surface area contributed by atoms with Gasteiger partial charge in [-0.15, -0.1) is 0 Å². The van der Waals surface area contributed by atoms with Crippen molar-refractivity contribution in [1.29, 1.82) is 0 Å². The monoisotopic (exact) mass is 384 g/mol. The number of aromatic nitrogens is 2. The molecular formula is C19H13ClN2O3S. The lowest BCUT2D eigenvalue weighted by molar-refractivity contribution is 0.373. The van der Waals surface area contributed by atoms with Gasteiger partial charge in [-0.05, 0) is 23.8 Å². The van der Waals surface area contributed by atoms with Crippen molar-refractivity contribution >= 4 is 34.0 Å². The summed E-state index contributed by atoms with van der Waals surface area (Å²) in [5.74, 6) is 0.131. The fourth-order valence-corrected chi connectivity index (χ4v) is 3.84. The fraction of sp³-hybridized carbons (Fsp3) is 0.0526. The van der Waals surface area contributed by atoms with E-state index >= 15 is 0 Å². The molecule has 0 aliphatic rings. The number of phenolic OH excluding ortho intramolecular Hbond substituents is 1.